The number of non-ortho nitro benzene ring substituents is 1. The van der Waals surface area contributed by atoms with Gasteiger partial charge in [-0.05, 0) is 6.07 Å². The number of nitrogens with zero attached hydrogens (tertiary/aromatic N) is 2. The number of carbonyl (C=O) groups excluding carboxylic acids is 1. The molecule has 0 N–H and O–H groups in total. The highest BCUT2D eigenvalue weighted by Gasteiger charge is 2.30. The van der Waals surface area contributed by atoms with Crippen LogP contribution < -0.4 is 4.90 Å². The second-order valence-corrected chi connectivity index (χ2v) is 3.59. The first kappa shape index (κ1) is 13.9. The van der Waals surface area contributed by atoms with E-state index in [1.54, 1.807) is 0 Å². The molecule has 0 saturated carbocycles. The zero-order valence-corrected chi connectivity index (χ0v) is 9.27. The summed E-state index contributed by atoms with van der Waals surface area (Å²) in [7, 11) is 1.15. The summed E-state index contributed by atoms with van der Waals surface area (Å²) in [5, 5.41) is 10.5. The standard InChI is InChI=1S/C10H9F3N2O3/c1-14(6-10(11,12)13)9-3-2-8(15(17)18)4-7(9)5-16/h2-5H,6H2,1H3. The van der Waals surface area contributed by atoms with Crippen molar-refractivity contribution in [2.75, 3.05) is 18.5 Å². The highest BCUT2D eigenvalue weighted by atomic mass is 19.4. The Bertz CT molecular complexity index is 474. The van der Waals surface area contributed by atoms with E-state index in [1.807, 2.05) is 0 Å². The SMILES string of the molecule is CN(CC(F)(F)F)c1ccc([N+](=O)[O-])cc1C=O. The van der Waals surface area contributed by atoms with E-state index in [9.17, 15) is 28.1 Å². The van der Waals surface area contributed by atoms with Crippen LogP contribution in [0.2, 0.25) is 0 Å². The zero-order valence-electron chi connectivity index (χ0n) is 9.27. The Kier molecular flexibility index (Phi) is 3.89. The van der Waals surface area contributed by atoms with Crippen molar-refractivity contribution in [2.24, 2.45) is 0 Å². The first-order chi connectivity index (χ1) is 8.24. The summed E-state index contributed by atoms with van der Waals surface area (Å²) in [4.78, 5) is 21.3. The van der Waals surface area contributed by atoms with Gasteiger partial charge in [-0.1, -0.05) is 0 Å². The lowest BCUT2D eigenvalue weighted by atomic mass is 10.1. The van der Waals surface area contributed by atoms with Crippen molar-refractivity contribution >= 4 is 17.7 Å². The second-order valence-electron chi connectivity index (χ2n) is 3.59. The number of alkyl halides is 3. The number of rotatable bonds is 4. The van der Waals surface area contributed by atoms with Gasteiger partial charge in [-0.2, -0.15) is 13.2 Å². The van der Waals surface area contributed by atoms with Gasteiger partial charge in [-0.15, -0.1) is 0 Å². The molecule has 98 valence electrons. The van der Waals surface area contributed by atoms with Gasteiger partial charge in [-0.3, -0.25) is 14.9 Å². The van der Waals surface area contributed by atoms with Crippen LogP contribution >= 0.6 is 0 Å². The number of anilines is 1. The van der Waals surface area contributed by atoms with Crippen LogP contribution in [0.4, 0.5) is 24.5 Å². The molecule has 5 nitrogen and oxygen atoms in total. The number of hydrogen-bond donors (Lipinski definition) is 0. The number of halogens is 3. The molecule has 0 spiro atoms. The van der Waals surface area contributed by atoms with Crippen molar-refractivity contribution < 1.29 is 22.9 Å². The van der Waals surface area contributed by atoms with Crippen LogP contribution in [0.15, 0.2) is 18.2 Å². The lowest BCUT2D eigenvalue weighted by molar-refractivity contribution is -0.384. The van der Waals surface area contributed by atoms with Crippen LogP contribution in [0.3, 0.4) is 0 Å². The van der Waals surface area contributed by atoms with E-state index in [0.717, 1.165) is 30.1 Å². The first-order valence-electron chi connectivity index (χ1n) is 4.76. The summed E-state index contributed by atoms with van der Waals surface area (Å²) < 4.78 is 36.6. The Morgan fingerprint density at radius 3 is 2.50 bits per heavy atom. The highest BCUT2D eigenvalue weighted by Crippen LogP contribution is 2.26. The van der Waals surface area contributed by atoms with Crippen molar-refractivity contribution in [3.63, 3.8) is 0 Å². The fourth-order valence-electron chi connectivity index (χ4n) is 1.45. The van der Waals surface area contributed by atoms with Gasteiger partial charge in [0.15, 0.2) is 6.29 Å². The lowest BCUT2D eigenvalue weighted by Crippen LogP contribution is -2.31. The monoisotopic (exact) mass is 262 g/mol. The topological polar surface area (TPSA) is 63.4 Å². The molecule has 1 aromatic rings. The zero-order chi connectivity index (χ0) is 13.9. The minimum atomic E-state index is -4.42. The minimum absolute atomic E-state index is 0.00655. The van der Waals surface area contributed by atoms with Crippen molar-refractivity contribution in [1.29, 1.82) is 0 Å². The molecular weight excluding hydrogens is 253 g/mol. The average molecular weight is 262 g/mol. The van der Waals surface area contributed by atoms with E-state index in [0.29, 0.717) is 0 Å². The molecule has 0 heterocycles. The van der Waals surface area contributed by atoms with Crippen LogP contribution in [0, 0.1) is 10.1 Å². The number of carbonyl (C=O) groups is 1. The molecule has 1 rings (SSSR count). The molecule has 0 aliphatic rings. The average Bonchev–Trinajstić information content (AvgIpc) is 2.25. The summed E-state index contributed by atoms with van der Waals surface area (Å²) in [6, 6.07) is 3.11. The Morgan fingerprint density at radius 1 is 1.44 bits per heavy atom. The first-order valence-corrected chi connectivity index (χ1v) is 4.76. The molecule has 0 radical (unpaired) electrons. The van der Waals surface area contributed by atoms with E-state index in [1.165, 1.54) is 0 Å². The predicted octanol–water partition coefficient (Wildman–Crippen LogP) is 2.41. The molecule has 8 heteroatoms. The van der Waals surface area contributed by atoms with E-state index < -0.39 is 17.6 Å². The van der Waals surface area contributed by atoms with Gasteiger partial charge in [0, 0.05) is 30.4 Å². The number of aldehydes is 1. The molecule has 18 heavy (non-hydrogen) atoms. The summed E-state index contributed by atoms with van der Waals surface area (Å²) >= 11 is 0. The number of nitro benzene ring substituents is 1. The summed E-state index contributed by atoms with van der Waals surface area (Å²) in [6.45, 7) is -1.24. The molecule has 0 fully saturated rings. The normalized spacial score (nSPS) is 11.1. The third kappa shape index (κ3) is 3.44. The maximum absolute atomic E-state index is 12.2. The van der Waals surface area contributed by atoms with Gasteiger partial charge in [0.05, 0.1) is 4.92 Å². The third-order valence-corrected chi connectivity index (χ3v) is 2.18. The van der Waals surface area contributed by atoms with Crippen molar-refractivity contribution in [3.05, 3.63) is 33.9 Å². The minimum Gasteiger partial charge on any atom is -0.365 e. The van der Waals surface area contributed by atoms with Gasteiger partial charge in [-0.25, -0.2) is 0 Å². The molecular formula is C10H9F3N2O3. The fraction of sp³-hybridized carbons (Fsp3) is 0.300. The smallest absolute Gasteiger partial charge is 0.365 e. The Hall–Kier alpha value is -2.12. The van der Waals surface area contributed by atoms with Gasteiger partial charge < -0.3 is 4.90 Å². The van der Waals surface area contributed by atoms with Crippen LogP contribution in [0.25, 0.3) is 0 Å². The van der Waals surface area contributed by atoms with Gasteiger partial charge in [0.2, 0.25) is 0 Å². The molecule has 0 bridgehead atoms. The quantitative estimate of drug-likeness (QED) is 0.475. The molecule has 0 unspecified atom stereocenters. The molecule has 0 atom stereocenters. The van der Waals surface area contributed by atoms with Crippen LogP contribution in [0.5, 0.6) is 0 Å². The van der Waals surface area contributed by atoms with Gasteiger partial charge >= 0.3 is 6.18 Å². The molecule has 0 saturated heterocycles. The molecule has 0 amide bonds. The van der Waals surface area contributed by atoms with E-state index in [4.69, 9.17) is 0 Å². The van der Waals surface area contributed by atoms with Crippen molar-refractivity contribution in [2.45, 2.75) is 6.18 Å². The van der Waals surface area contributed by atoms with Gasteiger partial charge in [0.25, 0.3) is 5.69 Å². The summed E-state index contributed by atoms with van der Waals surface area (Å²) in [5.41, 5.74) is -0.509. The molecule has 0 aliphatic heterocycles. The largest absolute Gasteiger partial charge is 0.405 e. The Morgan fingerprint density at radius 2 is 2.06 bits per heavy atom. The van der Waals surface area contributed by atoms with Crippen LogP contribution in [-0.4, -0.2) is 31.0 Å². The maximum Gasteiger partial charge on any atom is 0.405 e. The summed E-state index contributed by atoms with van der Waals surface area (Å²) in [5.74, 6) is 0. The summed E-state index contributed by atoms with van der Waals surface area (Å²) in [6.07, 6.45) is -4.13. The Labute approximate surface area is 100.0 Å². The predicted molar refractivity (Wildman–Crippen MR) is 57.8 cm³/mol. The highest BCUT2D eigenvalue weighted by molar-refractivity contribution is 5.85. The van der Waals surface area contributed by atoms with Crippen LogP contribution in [-0.2, 0) is 0 Å². The van der Waals surface area contributed by atoms with Crippen molar-refractivity contribution in [3.8, 4) is 0 Å². The number of nitro groups is 1. The molecule has 1 aromatic carbocycles. The molecule has 0 aromatic heterocycles. The maximum atomic E-state index is 12.2. The second kappa shape index (κ2) is 5.03. The fourth-order valence-corrected chi connectivity index (χ4v) is 1.45. The lowest BCUT2D eigenvalue weighted by Gasteiger charge is -2.22. The van der Waals surface area contributed by atoms with E-state index in [-0.39, 0.29) is 23.2 Å². The van der Waals surface area contributed by atoms with Gasteiger partial charge in [0.1, 0.15) is 6.54 Å². The molecule has 0 aliphatic carbocycles. The van der Waals surface area contributed by atoms with Crippen molar-refractivity contribution in [1.82, 2.24) is 0 Å². The van der Waals surface area contributed by atoms with Crippen LogP contribution in [0.1, 0.15) is 10.4 Å². The van der Waals surface area contributed by atoms with E-state index >= 15 is 0 Å². The number of benzene rings is 1. The number of hydrogen-bond acceptors (Lipinski definition) is 4. The Balaban J connectivity index is 3.09. The third-order valence-electron chi connectivity index (χ3n) is 2.18. The van der Waals surface area contributed by atoms with E-state index in [2.05, 4.69) is 0 Å².